The standard InChI is InChI=1S/C8H7ClF3N.ClH/c1-4-6(13)3-2-5(9)7(4)8(10,11)12;/h2-3H,13H2,1H3;1H. The number of anilines is 1. The van der Waals surface area contributed by atoms with Crippen molar-refractivity contribution in [3.8, 4) is 0 Å². The highest BCUT2D eigenvalue weighted by atomic mass is 35.5. The van der Waals surface area contributed by atoms with Crippen molar-refractivity contribution >= 4 is 29.7 Å². The zero-order valence-electron chi connectivity index (χ0n) is 7.15. The average Bonchev–Trinajstić information content (AvgIpc) is 1.95. The van der Waals surface area contributed by atoms with E-state index in [9.17, 15) is 13.2 Å². The summed E-state index contributed by atoms with van der Waals surface area (Å²) in [4.78, 5) is 0. The summed E-state index contributed by atoms with van der Waals surface area (Å²) in [5.41, 5.74) is 4.54. The molecule has 0 amide bonds. The lowest BCUT2D eigenvalue weighted by molar-refractivity contribution is -0.137. The van der Waals surface area contributed by atoms with Crippen molar-refractivity contribution in [2.24, 2.45) is 0 Å². The van der Waals surface area contributed by atoms with Crippen LogP contribution >= 0.6 is 24.0 Å². The molecule has 1 aromatic rings. The van der Waals surface area contributed by atoms with Gasteiger partial charge in [0.25, 0.3) is 0 Å². The normalized spacial score (nSPS) is 10.9. The zero-order chi connectivity index (χ0) is 10.2. The molecule has 0 heterocycles. The molecule has 0 atom stereocenters. The van der Waals surface area contributed by atoms with Crippen molar-refractivity contribution in [2.45, 2.75) is 13.1 Å². The highest BCUT2D eigenvalue weighted by Crippen LogP contribution is 2.38. The number of nitrogens with two attached hydrogens (primary N) is 1. The van der Waals surface area contributed by atoms with Gasteiger partial charge in [-0.2, -0.15) is 13.2 Å². The summed E-state index contributed by atoms with van der Waals surface area (Å²) in [6.45, 7) is 1.30. The van der Waals surface area contributed by atoms with E-state index < -0.39 is 11.7 Å². The number of halogens is 5. The Kier molecular flexibility index (Phi) is 4.09. The summed E-state index contributed by atoms with van der Waals surface area (Å²) in [5, 5.41) is -0.320. The summed E-state index contributed by atoms with van der Waals surface area (Å²) in [6.07, 6.45) is -4.45. The van der Waals surface area contributed by atoms with Crippen LogP contribution in [-0.2, 0) is 6.18 Å². The van der Waals surface area contributed by atoms with Gasteiger partial charge in [-0.05, 0) is 24.6 Å². The van der Waals surface area contributed by atoms with E-state index in [0.29, 0.717) is 0 Å². The van der Waals surface area contributed by atoms with Crippen molar-refractivity contribution in [1.29, 1.82) is 0 Å². The molecule has 14 heavy (non-hydrogen) atoms. The summed E-state index contributed by atoms with van der Waals surface area (Å²) >= 11 is 5.41. The molecule has 0 saturated heterocycles. The largest absolute Gasteiger partial charge is 0.418 e. The van der Waals surface area contributed by atoms with Gasteiger partial charge in [0.15, 0.2) is 0 Å². The second-order valence-corrected chi connectivity index (χ2v) is 3.04. The van der Waals surface area contributed by atoms with Crippen molar-refractivity contribution in [3.05, 3.63) is 28.3 Å². The monoisotopic (exact) mass is 245 g/mol. The number of benzene rings is 1. The van der Waals surface area contributed by atoms with Gasteiger partial charge in [0.2, 0.25) is 0 Å². The summed E-state index contributed by atoms with van der Waals surface area (Å²) < 4.78 is 37.0. The predicted octanol–water partition coefficient (Wildman–Crippen LogP) is 3.67. The summed E-state index contributed by atoms with van der Waals surface area (Å²) in [5.74, 6) is 0. The number of hydrogen-bond donors (Lipinski definition) is 1. The van der Waals surface area contributed by atoms with Gasteiger partial charge in [-0.1, -0.05) is 11.6 Å². The van der Waals surface area contributed by atoms with Crippen LogP contribution in [0.3, 0.4) is 0 Å². The zero-order valence-corrected chi connectivity index (χ0v) is 8.72. The van der Waals surface area contributed by atoms with E-state index in [0.717, 1.165) is 6.07 Å². The lowest BCUT2D eigenvalue weighted by Gasteiger charge is -2.13. The molecule has 0 aliphatic rings. The van der Waals surface area contributed by atoms with Crippen LogP contribution in [0.2, 0.25) is 5.02 Å². The Bertz CT molecular complexity index is 336. The van der Waals surface area contributed by atoms with E-state index in [4.69, 9.17) is 17.3 Å². The smallest absolute Gasteiger partial charge is 0.399 e. The molecular formula is C8H8Cl2F3N. The minimum atomic E-state index is -4.45. The van der Waals surface area contributed by atoms with Crippen LogP contribution < -0.4 is 5.73 Å². The van der Waals surface area contributed by atoms with Gasteiger partial charge in [-0.3, -0.25) is 0 Å². The Morgan fingerprint density at radius 2 is 1.79 bits per heavy atom. The van der Waals surface area contributed by atoms with Gasteiger partial charge in [-0.25, -0.2) is 0 Å². The van der Waals surface area contributed by atoms with Crippen LogP contribution in [-0.4, -0.2) is 0 Å². The maximum absolute atomic E-state index is 12.3. The van der Waals surface area contributed by atoms with Gasteiger partial charge >= 0.3 is 6.18 Å². The van der Waals surface area contributed by atoms with Crippen molar-refractivity contribution in [2.75, 3.05) is 5.73 Å². The molecular weight excluding hydrogens is 238 g/mol. The molecule has 0 radical (unpaired) electrons. The topological polar surface area (TPSA) is 26.0 Å². The molecule has 0 fully saturated rings. The number of hydrogen-bond acceptors (Lipinski definition) is 1. The van der Waals surface area contributed by atoms with E-state index in [1.807, 2.05) is 0 Å². The van der Waals surface area contributed by atoms with Gasteiger partial charge in [0.05, 0.1) is 10.6 Å². The van der Waals surface area contributed by atoms with Crippen LogP contribution in [0.5, 0.6) is 0 Å². The van der Waals surface area contributed by atoms with Crippen LogP contribution in [0.4, 0.5) is 18.9 Å². The predicted molar refractivity (Wildman–Crippen MR) is 52.9 cm³/mol. The highest BCUT2D eigenvalue weighted by Gasteiger charge is 2.35. The second kappa shape index (κ2) is 4.28. The molecule has 1 aromatic carbocycles. The third-order valence-corrected chi connectivity index (χ3v) is 2.05. The highest BCUT2D eigenvalue weighted by molar-refractivity contribution is 6.31. The lowest BCUT2D eigenvalue weighted by atomic mass is 10.1. The average molecular weight is 246 g/mol. The molecule has 6 heteroatoms. The Morgan fingerprint density at radius 1 is 1.29 bits per heavy atom. The minimum absolute atomic E-state index is 0. The van der Waals surface area contributed by atoms with E-state index in [1.165, 1.54) is 13.0 Å². The first-order chi connectivity index (χ1) is 5.84. The lowest BCUT2D eigenvalue weighted by Crippen LogP contribution is -2.10. The van der Waals surface area contributed by atoms with Crippen LogP contribution in [0, 0.1) is 6.92 Å². The van der Waals surface area contributed by atoms with Crippen molar-refractivity contribution in [1.82, 2.24) is 0 Å². The fourth-order valence-electron chi connectivity index (χ4n) is 1.04. The molecule has 2 N–H and O–H groups in total. The second-order valence-electron chi connectivity index (χ2n) is 2.63. The van der Waals surface area contributed by atoms with E-state index in [-0.39, 0.29) is 28.7 Å². The molecule has 0 aromatic heterocycles. The summed E-state index contributed by atoms with van der Waals surface area (Å²) in [6, 6.07) is 2.50. The van der Waals surface area contributed by atoms with Gasteiger partial charge in [0, 0.05) is 5.69 Å². The minimum Gasteiger partial charge on any atom is -0.399 e. The van der Waals surface area contributed by atoms with Crippen molar-refractivity contribution < 1.29 is 13.2 Å². The first-order valence-corrected chi connectivity index (χ1v) is 3.83. The van der Waals surface area contributed by atoms with Crippen LogP contribution in [0.15, 0.2) is 12.1 Å². The number of alkyl halides is 3. The van der Waals surface area contributed by atoms with E-state index in [2.05, 4.69) is 0 Å². The van der Waals surface area contributed by atoms with E-state index in [1.54, 1.807) is 0 Å². The number of nitrogen functional groups attached to an aromatic ring is 1. The van der Waals surface area contributed by atoms with Crippen molar-refractivity contribution in [3.63, 3.8) is 0 Å². The van der Waals surface area contributed by atoms with Gasteiger partial charge in [-0.15, -0.1) is 12.4 Å². The molecule has 0 saturated carbocycles. The molecule has 0 unspecified atom stereocenters. The molecule has 1 rings (SSSR count). The summed E-state index contributed by atoms with van der Waals surface area (Å²) in [7, 11) is 0. The Morgan fingerprint density at radius 3 is 2.14 bits per heavy atom. The fourth-order valence-corrected chi connectivity index (χ4v) is 1.35. The Balaban J connectivity index is 0.00000169. The maximum atomic E-state index is 12.3. The first kappa shape index (κ1) is 13.4. The van der Waals surface area contributed by atoms with Gasteiger partial charge in [0.1, 0.15) is 0 Å². The SMILES string of the molecule is Cc1c(N)ccc(Cl)c1C(F)(F)F.Cl. The van der Waals surface area contributed by atoms with Crippen LogP contribution in [0.1, 0.15) is 11.1 Å². The molecule has 80 valence electrons. The molecule has 0 bridgehead atoms. The number of rotatable bonds is 0. The first-order valence-electron chi connectivity index (χ1n) is 3.46. The maximum Gasteiger partial charge on any atom is 0.418 e. The molecule has 1 nitrogen and oxygen atoms in total. The third kappa shape index (κ3) is 2.45. The third-order valence-electron chi connectivity index (χ3n) is 1.74. The van der Waals surface area contributed by atoms with Crippen LogP contribution in [0.25, 0.3) is 0 Å². The molecule has 0 aliphatic heterocycles. The molecule has 0 aliphatic carbocycles. The van der Waals surface area contributed by atoms with Gasteiger partial charge < -0.3 is 5.73 Å². The Hall–Kier alpha value is -0.610. The Labute approximate surface area is 90.5 Å². The quantitative estimate of drug-likeness (QED) is 0.694. The fraction of sp³-hybridized carbons (Fsp3) is 0.250. The molecule has 0 spiro atoms. The van der Waals surface area contributed by atoms with E-state index >= 15 is 0 Å².